The number of anilines is 1. The normalized spacial score (nSPS) is 10.5. The Bertz CT molecular complexity index is 596. The number of ether oxygens (including phenoxy) is 1. The molecule has 2 aromatic rings. The molecule has 0 atom stereocenters. The molecule has 1 aromatic heterocycles. The predicted molar refractivity (Wildman–Crippen MR) is 79.6 cm³/mol. The van der Waals surface area contributed by atoms with Gasteiger partial charge in [-0.1, -0.05) is 42.1 Å². The van der Waals surface area contributed by atoms with Gasteiger partial charge in [0.05, 0.1) is 6.61 Å². The first-order chi connectivity index (χ1) is 9.63. The molecule has 0 amide bonds. The Morgan fingerprint density at radius 3 is 2.75 bits per heavy atom. The maximum Gasteiger partial charge on any atom is 0.358 e. The zero-order valence-electron chi connectivity index (χ0n) is 11.5. The van der Waals surface area contributed by atoms with Crippen molar-refractivity contribution in [2.45, 2.75) is 17.8 Å². The lowest BCUT2D eigenvalue weighted by Gasteiger charge is -2.05. The molecule has 0 saturated carbocycles. The zero-order valence-corrected chi connectivity index (χ0v) is 12.3. The fourth-order valence-electron chi connectivity index (χ4n) is 1.79. The van der Waals surface area contributed by atoms with Gasteiger partial charge in [0.2, 0.25) is 0 Å². The van der Waals surface area contributed by atoms with Crippen LogP contribution in [0.15, 0.2) is 35.5 Å². The van der Waals surface area contributed by atoms with E-state index in [9.17, 15) is 4.79 Å². The number of hydrogen-bond acceptors (Lipinski definition) is 5. The summed E-state index contributed by atoms with van der Waals surface area (Å²) in [5, 5.41) is 0.703. The van der Waals surface area contributed by atoms with Crippen LogP contribution in [0.25, 0.3) is 0 Å². The number of nitrogens with zero attached hydrogens (tertiary/aromatic N) is 2. The van der Waals surface area contributed by atoms with Gasteiger partial charge < -0.3 is 15.0 Å². The largest absolute Gasteiger partial charge is 0.461 e. The SMILES string of the molecule is CCOC(=O)c1c(N)nc(SCc2ccccc2)n1C. The van der Waals surface area contributed by atoms with Crippen LogP contribution in [0, 0.1) is 0 Å². The monoisotopic (exact) mass is 291 g/mol. The van der Waals surface area contributed by atoms with Crippen LogP contribution < -0.4 is 5.73 Å². The van der Waals surface area contributed by atoms with E-state index in [4.69, 9.17) is 10.5 Å². The van der Waals surface area contributed by atoms with Gasteiger partial charge >= 0.3 is 5.97 Å². The standard InChI is InChI=1S/C14H17N3O2S/c1-3-19-13(18)11-12(15)16-14(17(11)2)20-9-10-7-5-4-6-8-10/h4-8H,3,9,15H2,1-2H3. The van der Waals surface area contributed by atoms with Crippen LogP contribution in [0.2, 0.25) is 0 Å². The summed E-state index contributed by atoms with van der Waals surface area (Å²) in [7, 11) is 1.77. The van der Waals surface area contributed by atoms with Gasteiger partial charge in [-0.05, 0) is 12.5 Å². The molecule has 1 aromatic carbocycles. The first-order valence-corrected chi connectivity index (χ1v) is 7.28. The Morgan fingerprint density at radius 2 is 2.10 bits per heavy atom. The van der Waals surface area contributed by atoms with E-state index in [1.54, 1.807) is 18.5 Å². The van der Waals surface area contributed by atoms with Gasteiger partial charge in [-0.25, -0.2) is 9.78 Å². The summed E-state index contributed by atoms with van der Waals surface area (Å²) in [6, 6.07) is 10.1. The fraction of sp³-hybridized carbons (Fsp3) is 0.286. The molecule has 1 heterocycles. The van der Waals surface area contributed by atoms with E-state index >= 15 is 0 Å². The topological polar surface area (TPSA) is 70.1 Å². The average Bonchev–Trinajstić information content (AvgIpc) is 2.72. The third-order valence-corrected chi connectivity index (χ3v) is 3.86. The molecule has 0 spiro atoms. The highest BCUT2D eigenvalue weighted by Gasteiger charge is 2.20. The van der Waals surface area contributed by atoms with Crippen molar-refractivity contribution < 1.29 is 9.53 Å². The molecule has 20 heavy (non-hydrogen) atoms. The first kappa shape index (κ1) is 14.5. The molecule has 0 fully saturated rings. The number of imidazole rings is 1. The minimum atomic E-state index is -0.438. The van der Waals surface area contributed by atoms with Crippen LogP contribution in [0.4, 0.5) is 5.82 Å². The third kappa shape index (κ3) is 3.14. The summed E-state index contributed by atoms with van der Waals surface area (Å²) in [4.78, 5) is 16.0. The molecular weight excluding hydrogens is 274 g/mol. The van der Waals surface area contributed by atoms with Crippen LogP contribution in [0.1, 0.15) is 23.0 Å². The second-order valence-electron chi connectivity index (χ2n) is 4.18. The number of hydrogen-bond donors (Lipinski definition) is 1. The van der Waals surface area contributed by atoms with Gasteiger partial charge in [-0.3, -0.25) is 0 Å². The number of carbonyl (C=O) groups excluding carboxylic acids is 1. The molecule has 0 bridgehead atoms. The number of rotatable bonds is 5. The molecule has 2 rings (SSSR count). The van der Waals surface area contributed by atoms with E-state index < -0.39 is 5.97 Å². The Balaban J connectivity index is 2.13. The predicted octanol–water partition coefficient (Wildman–Crippen LogP) is 2.47. The number of nitrogens with two attached hydrogens (primary N) is 1. The zero-order chi connectivity index (χ0) is 14.5. The smallest absolute Gasteiger partial charge is 0.358 e. The molecule has 0 aliphatic heterocycles. The van der Waals surface area contributed by atoms with Crippen molar-refractivity contribution in [3.8, 4) is 0 Å². The Morgan fingerprint density at radius 1 is 1.40 bits per heavy atom. The van der Waals surface area contributed by atoms with Crippen LogP contribution in [0.5, 0.6) is 0 Å². The van der Waals surface area contributed by atoms with Gasteiger partial charge in [0.1, 0.15) is 0 Å². The van der Waals surface area contributed by atoms with Gasteiger partial charge in [0.25, 0.3) is 0 Å². The van der Waals surface area contributed by atoms with Crippen molar-refractivity contribution in [1.29, 1.82) is 0 Å². The quantitative estimate of drug-likeness (QED) is 0.677. The summed E-state index contributed by atoms with van der Waals surface area (Å²) in [6.07, 6.45) is 0. The number of aromatic nitrogens is 2. The van der Waals surface area contributed by atoms with Crippen LogP contribution in [-0.4, -0.2) is 22.1 Å². The molecule has 0 unspecified atom stereocenters. The molecule has 0 radical (unpaired) electrons. The highest BCUT2D eigenvalue weighted by atomic mass is 32.2. The number of esters is 1. The minimum absolute atomic E-state index is 0.210. The number of benzene rings is 1. The number of thioether (sulfide) groups is 1. The van der Waals surface area contributed by atoms with E-state index in [0.717, 1.165) is 5.75 Å². The lowest BCUT2D eigenvalue weighted by atomic mass is 10.2. The highest BCUT2D eigenvalue weighted by molar-refractivity contribution is 7.98. The summed E-state index contributed by atoms with van der Waals surface area (Å²) in [5.41, 5.74) is 7.30. The van der Waals surface area contributed by atoms with Crippen LogP contribution in [-0.2, 0) is 17.5 Å². The second-order valence-corrected chi connectivity index (χ2v) is 5.12. The third-order valence-electron chi connectivity index (χ3n) is 2.76. The molecule has 5 nitrogen and oxygen atoms in total. The number of carbonyl (C=O) groups is 1. The lowest BCUT2D eigenvalue weighted by molar-refractivity contribution is 0.0515. The summed E-state index contributed by atoms with van der Waals surface area (Å²) in [6.45, 7) is 2.07. The molecule has 6 heteroatoms. The van der Waals surface area contributed by atoms with Crippen LogP contribution in [0.3, 0.4) is 0 Å². The summed E-state index contributed by atoms with van der Waals surface area (Å²) < 4.78 is 6.66. The van der Waals surface area contributed by atoms with Crippen molar-refractivity contribution >= 4 is 23.5 Å². The molecule has 106 valence electrons. The van der Waals surface area contributed by atoms with Crippen molar-refractivity contribution in [2.24, 2.45) is 7.05 Å². The van der Waals surface area contributed by atoms with Crippen molar-refractivity contribution in [2.75, 3.05) is 12.3 Å². The van der Waals surface area contributed by atoms with Crippen LogP contribution >= 0.6 is 11.8 Å². The molecular formula is C14H17N3O2S. The van der Waals surface area contributed by atoms with Crippen molar-refractivity contribution in [3.63, 3.8) is 0 Å². The minimum Gasteiger partial charge on any atom is -0.461 e. The molecule has 0 aliphatic rings. The Hall–Kier alpha value is -1.95. The van der Waals surface area contributed by atoms with Gasteiger partial charge in [0, 0.05) is 12.8 Å². The van der Waals surface area contributed by atoms with E-state index in [-0.39, 0.29) is 5.82 Å². The lowest BCUT2D eigenvalue weighted by Crippen LogP contribution is -2.12. The fourth-order valence-corrected chi connectivity index (χ4v) is 2.73. The van der Waals surface area contributed by atoms with E-state index in [2.05, 4.69) is 4.98 Å². The molecule has 2 N–H and O–H groups in total. The maximum absolute atomic E-state index is 11.8. The second kappa shape index (κ2) is 6.47. The van der Waals surface area contributed by atoms with Gasteiger partial charge in [-0.2, -0.15) is 0 Å². The molecule has 0 saturated heterocycles. The maximum atomic E-state index is 11.8. The van der Waals surface area contributed by atoms with Gasteiger partial charge in [-0.15, -0.1) is 0 Å². The Labute approximate surface area is 122 Å². The van der Waals surface area contributed by atoms with E-state index in [0.29, 0.717) is 17.5 Å². The van der Waals surface area contributed by atoms with E-state index in [1.807, 2.05) is 30.3 Å². The van der Waals surface area contributed by atoms with Crippen molar-refractivity contribution in [1.82, 2.24) is 9.55 Å². The van der Waals surface area contributed by atoms with Gasteiger partial charge in [0.15, 0.2) is 16.7 Å². The van der Waals surface area contributed by atoms with Crippen molar-refractivity contribution in [3.05, 3.63) is 41.6 Å². The van der Waals surface area contributed by atoms with E-state index in [1.165, 1.54) is 17.3 Å². The summed E-state index contributed by atoms with van der Waals surface area (Å²) >= 11 is 1.53. The molecule has 0 aliphatic carbocycles. The highest BCUT2D eigenvalue weighted by Crippen LogP contribution is 2.25. The Kier molecular flexibility index (Phi) is 4.68. The summed E-state index contributed by atoms with van der Waals surface area (Å²) in [5.74, 6) is 0.543. The first-order valence-electron chi connectivity index (χ1n) is 6.29. The number of nitrogen functional groups attached to an aromatic ring is 1. The average molecular weight is 291 g/mol.